The number of nitrogens with zero attached hydrogens (tertiary/aromatic N) is 4. The molecule has 182 valence electrons. The fraction of sp³-hybridized carbons (Fsp3) is 0.455. The van der Waals surface area contributed by atoms with Crippen LogP contribution in [0.25, 0.3) is 11.2 Å². The number of amides is 2. The number of nitrogen functional groups attached to an aromatic ring is 1. The number of hydrogen-bond donors (Lipinski definition) is 5. The number of aromatic nitrogens is 4. The number of carbonyl (C=O) groups excluding carboxylic acids is 1. The van der Waals surface area contributed by atoms with Crippen LogP contribution in [-0.2, 0) is 11.2 Å². The number of imidazole rings is 1. The molecule has 0 bridgehead atoms. The van der Waals surface area contributed by atoms with Crippen molar-refractivity contribution in [2.45, 2.75) is 37.4 Å². The van der Waals surface area contributed by atoms with Gasteiger partial charge in [-0.05, 0) is 24.2 Å². The molecule has 3 aromatic rings. The van der Waals surface area contributed by atoms with Gasteiger partial charge in [-0.1, -0.05) is 30.3 Å². The molecule has 1 aliphatic rings. The Morgan fingerprint density at radius 2 is 1.91 bits per heavy atom. The first-order valence-electron chi connectivity index (χ1n) is 11.1. The lowest BCUT2D eigenvalue weighted by atomic mass is 10.1. The molecule has 3 heterocycles. The van der Waals surface area contributed by atoms with Crippen molar-refractivity contribution in [3.05, 3.63) is 48.5 Å². The summed E-state index contributed by atoms with van der Waals surface area (Å²) in [6, 6.07) is 9.81. The Balaban J connectivity index is 1.14. The summed E-state index contributed by atoms with van der Waals surface area (Å²) in [5.41, 5.74) is 7.85. The largest absolute Gasteiger partial charge is 0.387 e. The smallest absolute Gasteiger partial charge is 0.314 e. The fourth-order valence-corrected chi connectivity index (χ4v) is 4.78. The molecular weight excluding hydrogens is 458 g/mol. The van der Waals surface area contributed by atoms with E-state index in [9.17, 15) is 15.0 Å². The number of anilines is 1. The summed E-state index contributed by atoms with van der Waals surface area (Å²) in [5, 5.41) is 26.7. The van der Waals surface area contributed by atoms with Crippen LogP contribution < -0.4 is 16.4 Å². The van der Waals surface area contributed by atoms with Crippen molar-refractivity contribution in [1.29, 1.82) is 0 Å². The number of carbonyl (C=O) groups is 1. The third-order valence-electron chi connectivity index (χ3n) is 5.57. The number of urea groups is 1. The molecular formula is C22H29N7O4S. The quantitative estimate of drug-likeness (QED) is 0.259. The van der Waals surface area contributed by atoms with Crippen molar-refractivity contribution in [3.63, 3.8) is 0 Å². The minimum Gasteiger partial charge on any atom is -0.387 e. The molecule has 1 fully saturated rings. The number of fused-ring (bicyclic) bond motifs is 1. The van der Waals surface area contributed by atoms with Crippen molar-refractivity contribution in [1.82, 2.24) is 30.2 Å². The maximum absolute atomic E-state index is 11.9. The topological polar surface area (TPSA) is 160 Å². The molecule has 0 radical (unpaired) electrons. The van der Waals surface area contributed by atoms with Crippen LogP contribution in [0.2, 0.25) is 0 Å². The standard InChI is InChI=1S/C22H29N7O4S/c23-19-16-20(27-12-26-19)29(13-28-16)21-18(31)17(30)15(33-21)11-34-10-4-8-24-22(32)25-9-7-14-5-2-1-3-6-14/h1-3,5-6,12-13,15,17-18,21,30-31H,4,7-11H2,(H2,23,26,27)(H2,24,25,32)/t15-,17-,18-,21-/m1/s1. The monoisotopic (exact) mass is 487 g/mol. The van der Waals surface area contributed by atoms with Gasteiger partial charge in [0.05, 0.1) is 12.4 Å². The average Bonchev–Trinajstić information content (AvgIpc) is 3.39. The second kappa shape index (κ2) is 11.5. The van der Waals surface area contributed by atoms with E-state index in [4.69, 9.17) is 10.5 Å². The van der Waals surface area contributed by atoms with E-state index >= 15 is 0 Å². The summed E-state index contributed by atoms with van der Waals surface area (Å²) in [7, 11) is 0. The number of ether oxygens (including phenoxy) is 1. The zero-order chi connectivity index (χ0) is 23.9. The predicted molar refractivity (Wildman–Crippen MR) is 129 cm³/mol. The van der Waals surface area contributed by atoms with Crippen molar-refractivity contribution in [2.24, 2.45) is 0 Å². The molecule has 34 heavy (non-hydrogen) atoms. The van der Waals surface area contributed by atoms with E-state index in [0.29, 0.717) is 30.0 Å². The second-order valence-corrected chi connectivity index (χ2v) is 9.13. The van der Waals surface area contributed by atoms with Gasteiger partial charge in [-0.3, -0.25) is 4.57 Å². The van der Waals surface area contributed by atoms with Gasteiger partial charge in [0.1, 0.15) is 24.1 Å². The van der Waals surface area contributed by atoms with Gasteiger partial charge in [0.25, 0.3) is 0 Å². The van der Waals surface area contributed by atoms with E-state index in [2.05, 4.69) is 25.6 Å². The van der Waals surface area contributed by atoms with Gasteiger partial charge < -0.3 is 31.3 Å². The number of aliphatic hydroxyl groups excluding tert-OH is 2. The van der Waals surface area contributed by atoms with Crippen molar-refractivity contribution >= 4 is 34.8 Å². The summed E-state index contributed by atoms with van der Waals surface area (Å²) in [6.45, 7) is 1.13. The Kier molecular flexibility index (Phi) is 8.16. The molecule has 0 aliphatic carbocycles. The van der Waals surface area contributed by atoms with Gasteiger partial charge in [-0.15, -0.1) is 0 Å². The van der Waals surface area contributed by atoms with Gasteiger partial charge in [-0.25, -0.2) is 19.7 Å². The number of aliphatic hydroxyl groups is 2. The Labute approximate surface area is 201 Å². The maximum Gasteiger partial charge on any atom is 0.314 e. The van der Waals surface area contributed by atoms with E-state index in [1.54, 1.807) is 16.3 Å². The van der Waals surface area contributed by atoms with E-state index < -0.39 is 24.5 Å². The maximum atomic E-state index is 11.9. The van der Waals surface area contributed by atoms with Crippen LogP contribution in [0.1, 0.15) is 18.2 Å². The summed E-state index contributed by atoms with van der Waals surface area (Å²) >= 11 is 1.59. The van der Waals surface area contributed by atoms with Gasteiger partial charge in [0.2, 0.25) is 0 Å². The highest BCUT2D eigenvalue weighted by molar-refractivity contribution is 7.99. The van der Waals surface area contributed by atoms with E-state index in [-0.39, 0.29) is 11.8 Å². The molecule has 1 aliphatic heterocycles. The molecule has 2 amide bonds. The number of nitrogens with one attached hydrogen (secondary N) is 2. The van der Waals surface area contributed by atoms with E-state index in [0.717, 1.165) is 18.6 Å². The number of benzene rings is 1. The first-order valence-corrected chi connectivity index (χ1v) is 12.3. The summed E-state index contributed by atoms with van der Waals surface area (Å²) < 4.78 is 7.49. The van der Waals surface area contributed by atoms with Crippen LogP contribution in [0.4, 0.5) is 10.6 Å². The lowest BCUT2D eigenvalue weighted by molar-refractivity contribution is -0.0289. The minimum absolute atomic E-state index is 0.182. The van der Waals surface area contributed by atoms with E-state index in [1.807, 2.05) is 30.3 Å². The summed E-state index contributed by atoms with van der Waals surface area (Å²) in [4.78, 5) is 24.1. The fourth-order valence-electron chi connectivity index (χ4n) is 3.76. The van der Waals surface area contributed by atoms with Crippen molar-refractivity contribution < 1.29 is 19.7 Å². The molecule has 12 heteroatoms. The van der Waals surface area contributed by atoms with Crippen LogP contribution in [0.3, 0.4) is 0 Å². The molecule has 2 aromatic heterocycles. The van der Waals surface area contributed by atoms with E-state index in [1.165, 1.54) is 18.2 Å². The Morgan fingerprint density at radius 1 is 1.12 bits per heavy atom. The van der Waals surface area contributed by atoms with Crippen LogP contribution in [0.15, 0.2) is 43.0 Å². The van der Waals surface area contributed by atoms with Gasteiger partial charge in [0, 0.05) is 18.8 Å². The van der Waals surface area contributed by atoms with Gasteiger partial charge in [0.15, 0.2) is 17.7 Å². The minimum atomic E-state index is -1.12. The Bertz CT molecular complexity index is 1080. The third kappa shape index (κ3) is 5.76. The SMILES string of the molecule is Nc1ncnc2c1ncn2[C@@H]1O[C@H](CSCCCNC(=O)NCCc2ccccc2)[C@@H](O)[C@H]1O. The molecule has 0 unspecified atom stereocenters. The first-order chi connectivity index (χ1) is 16.5. The number of hydrogen-bond acceptors (Lipinski definition) is 9. The van der Waals surface area contributed by atoms with Crippen LogP contribution >= 0.6 is 11.8 Å². The first kappa shape index (κ1) is 24.2. The normalized spacial score (nSPS) is 22.2. The van der Waals surface area contributed by atoms with Crippen molar-refractivity contribution in [2.75, 3.05) is 30.3 Å². The zero-order valence-corrected chi connectivity index (χ0v) is 19.4. The molecule has 11 nitrogen and oxygen atoms in total. The van der Waals surface area contributed by atoms with Gasteiger partial charge >= 0.3 is 6.03 Å². The van der Waals surface area contributed by atoms with Crippen molar-refractivity contribution in [3.8, 4) is 0 Å². The number of nitrogens with two attached hydrogens (primary N) is 1. The van der Waals surface area contributed by atoms with Gasteiger partial charge in [-0.2, -0.15) is 11.8 Å². The third-order valence-corrected chi connectivity index (χ3v) is 6.72. The molecule has 1 aromatic carbocycles. The summed E-state index contributed by atoms with van der Waals surface area (Å²) in [6.07, 6.45) is 0.824. The Morgan fingerprint density at radius 3 is 2.74 bits per heavy atom. The number of thioether (sulfide) groups is 1. The summed E-state index contributed by atoms with van der Waals surface area (Å²) in [5.74, 6) is 1.51. The lowest BCUT2D eigenvalue weighted by Crippen LogP contribution is -2.37. The lowest BCUT2D eigenvalue weighted by Gasteiger charge is -2.16. The predicted octanol–water partition coefficient (Wildman–Crippen LogP) is 0.693. The highest BCUT2D eigenvalue weighted by Gasteiger charge is 2.44. The molecule has 6 N–H and O–H groups in total. The highest BCUT2D eigenvalue weighted by atomic mass is 32.2. The number of rotatable bonds is 10. The zero-order valence-electron chi connectivity index (χ0n) is 18.6. The highest BCUT2D eigenvalue weighted by Crippen LogP contribution is 2.33. The molecule has 0 saturated carbocycles. The molecule has 4 rings (SSSR count). The average molecular weight is 488 g/mol. The second-order valence-electron chi connectivity index (χ2n) is 7.98. The van der Waals surface area contributed by atoms with Crippen LogP contribution in [-0.4, -0.2) is 78.7 Å². The van der Waals surface area contributed by atoms with Crippen LogP contribution in [0.5, 0.6) is 0 Å². The van der Waals surface area contributed by atoms with Crippen LogP contribution in [0, 0.1) is 0 Å². The molecule has 1 saturated heterocycles. The Hall–Kier alpha value is -2.93. The molecule has 0 spiro atoms. The molecule has 4 atom stereocenters.